The van der Waals surface area contributed by atoms with Crippen LogP contribution < -0.4 is 15.6 Å². The standard InChI is InChI=1S/C18H19F2N3O4/c19-18(20)27-12-3-1-2-10(8-12)13-9-14(24)21-16-15(13)17(25)22-23(16)11-4-6-26-7-5-11/h1-3,8,11,13,18H,4-7,9H2,(H,21,24)(H,22,25)/t13-/m0/s1. The molecular weight excluding hydrogens is 360 g/mol. The molecule has 1 aromatic heterocycles. The van der Waals surface area contributed by atoms with Crippen LogP contribution in [-0.2, 0) is 9.53 Å². The van der Waals surface area contributed by atoms with Gasteiger partial charge in [-0.05, 0) is 30.5 Å². The van der Waals surface area contributed by atoms with Gasteiger partial charge in [-0.15, -0.1) is 0 Å². The second-order valence-corrected chi connectivity index (χ2v) is 6.67. The van der Waals surface area contributed by atoms with Gasteiger partial charge in [-0.2, -0.15) is 8.78 Å². The summed E-state index contributed by atoms with van der Waals surface area (Å²) in [7, 11) is 0. The van der Waals surface area contributed by atoms with Crippen LogP contribution in [0.4, 0.5) is 14.6 Å². The molecule has 7 nitrogen and oxygen atoms in total. The average molecular weight is 379 g/mol. The lowest BCUT2D eigenvalue weighted by molar-refractivity contribution is -0.116. The summed E-state index contributed by atoms with van der Waals surface area (Å²) in [6.45, 7) is -1.77. The Morgan fingerprint density at radius 3 is 2.74 bits per heavy atom. The number of aromatic amines is 1. The van der Waals surface area contributed by atoms with Gasteiger partial charge < -0.3 is 14.8 Å². The maximum absolute atomic E-state index is 12.7. The van der Waals surface area contributed by atoms with Gasteiger partial charge in [0.1, 0.15) is 11.6 Å². The van der Waals surface area contributed by atoms with E-state index in [4.69, 9.17) is 4.74 Å². The molecular formula is C18H19F2N3O4. The van der Waals surface area contributed by atoms with E-state index < -0.39 is 12.5 Å². The van der Waals surface area contributed by atoms with Gasteiger partial charge in [-0.1, -0.05) is 12.1 Å². The number of hydrogen-bond donors (Lipinski definition) is 2. The minimum atomic E-state index is -2.94. The lowest BCUT2D eigenvalue weighted by Gasteiger charge is -2.28. The summed E-state index contributed by atoms with van der Waals surface area (Å²) < 4.78 is 36.6. The van der Waals surface area contributed by atoms with Crippen LogP contribution >= 0.6 is 0 Å². The second kappa shape index (κ2) is 7.15. The van der Waals surface area contributed by atoms with E-state index in [0.29, 0.717) is 30.2 Å². The number of amides is 1. The first-order valence-electron chi connectivity index (χ1n) is 8.79. The number of hydrogen-bond acceptors (Lipinski definition) is 4. The van der Waals surface area contributed by atoms with Crippen molar-refractivity contribution < 1.29 is 23.0 Å². The number of carbonyl (C=O) groups excluding carboxylic acids is 1. The Labute approximate surface area is 153 Å². The smallest absolute Gasteiger partial charge is 0.387 e. The molecule has 0 saturated carbocycles. The van der Waals surface area contributed by atoms with Gasteiger partial charge >= 0.3 is 6.61 Å². The van der Waals surface area contributed by atoms with Crippen molar-refractivity contribution in [2.24, 2.45) is 0 Å². The molecule has 27 heavy (non-hydrogen) atoms. The van der Waals surface area contributed by atoms with E-state index >= 15 is 0 Å². The molecule has 0 bridgehead atoms. The minimum absolute atomic E-state index is 0.00433. The Morgan fingerprint density at radius 2 is 2.00 bits per heavy atom. The largest absolute Gasteiger partial charge is 0.435 e. The molecule has 2 N–H and O–H groups in total. The Balaban J connectivity index is 1.74. The number of ether oxygens (including phenoxy) is 2. The van der Waals surface area contributed by atoms with Crippen LogP contribution in [0.5, 0.6) is 5.75 Å². The van der Waals surface area contributed by atoms with E-state index in [2.05, 4.69) is 15.2 Å². The molecule has 0 radical (unpaired) electrons. The molecule has 0 unspecified atom stereocenters. The molecule has 2 aliphatic rings. The van der Waals surface area contributed by atoms with Crippen LogP contribution in [0.15, 0.2) is 29.1 Å². The SMILES string of the molecule is O=C1C[C@@H](c2cccc(OC(F)F)c2)c2c(n(C3CCOCC3)[nH]c2=O)N1. The number of benzene rings is 1. The lowest BCUT2D eigenvalue weighted by Crippen LogP contribution is -2.28. The van der Waals surface area contributed by atoms with Crippen molar-refractivity contribution >= 4 is 11.7 Å². The highest BCUT2D eigenvalue weighted by Crippen LogP contribution is 2.38. The second-order valence-electron chi connectivity index (χ2n) is 6.67. The van der Waals surface area contributed by atoms with Crippen LogP contribution in [0.2, 0.25) is 0 Å². The molecule has 1 atom stereocenters. The van der Waals surface area contributed by atoms with Crippen molar-refractivity contribution in [1.82, 2.24) is 9.78 Å². The molecule has 9 heteroatoms. The van der Waals surface area contributed by atoms with Gasteiger partial charge in [0.2, 0.25) is 5.91 Å². The van der Waals surface area contributed by atoms with Crippen molar-refractivity contribution in [3.8, 4) is 5.75 Å². The van der Waals surface area contributed by atoms with E-state index in [1.807, 2.05) is 0 Å². The van der Waals surface area contributed by atoms with Crippen molar-refractivity contribution in [2.45, 2.75) is 37.8 Å². The van der Waals surface area contributed by atoms with E-state index in [-0.39, 0.29) is 29.7 Å². The average Bonchev–Trinajstić information content (AvgIpc) is 2.98. The van der Waals surface area contributed by atoms with Gasteiger partial charge in [-0.3, -0.25) is 19.4 Å². The molecule has 0 spiro atoms. The van der Waals surface area contributed by atoms with Crippen molar-refractivity contribution in [3.63, 3.8) is 0 Å². The van der Waals surface area contributed by atoms with Gasteiger partial charge in [0, 0.05) is 25.6 Å². The van der Waals surface area contributed by atoms with E-state index in [0.717, 1.165) is 12.8 Å². The Hall–Kier alpha value is -2.68. The van der Waals surface area contributed by atoms with Gasteiger partial charge in [0.05, 0.1) is 11.6 Å². The predicted molar refractivity (Wildman–Crippen MR) is 92.3 cm³/mol. The Bertz CT molecular complexity index is 902. The third kappa shape index (κ3) is 3.46. The van der Waals surface area contributed by atoms with Gasteiger partial charge in [-0.25, -0.2) is 0 Å². The molecule has 4 rings (SSSR count). The fraction of sp³-hybridized carbons (Fsp3) is 0.444. The number of rotatable bonds is 4. The quantitative estimate of drug-likeness (QED) is 0.855. The summed E-state index contributed by atoms with van der Waals surface area (Å²) in [4.78, 5) is 25.0. The summed E-state index contributed by atoms with van der Waals surface area (Å²) in [5.74, 6) is -0.309. The van der Waals surface area contributed by atoms with Crippen LogP contribution in [0.3, 0.4) is 0 Å². The first kappa shape index (κ1) is 17.7. The molecule has 1 saturated heterocycles. The van der Waals surface area contributed by atoms with Crippen LogP contribution in [0.1, 0.15) is 42.3 Å². The van der Waals surface area contributed by atoms with Crippen molar-refractivity contribution in [3.05, 3.63) is 45.7 Å². The fourth-order valence-electron chi connectivity index (χ4n) is 3.79. The zero-order valence-corrected chi connectivity index (χ0v) is 14.4. The summed E-state index contributed by atoms with van der Waals surface area (Å²) >= 11 is 0. The van der Waals surface area contributed by atoms with E-state index in [9.17, 15) is 18.4 Å². The predicted octanol–water partition coefficient (Wildman–Crippen LogP) is 2.60. The highest BCUT2D eigenvalue weighted by molar-refractivity contribution is 5.94. The van der Waals surface area contributed by atoms with Crippen LogP contribution in [-0.4, -0.2) is 35.5 Å². The number of nitrogens with zero attached hydrogens (tertiary/aromatic N) is 1. The number of alkyl halides is 2. The molecule has 1 fully saturated rings. The molecule has 3 heterocycles. The zero-order chi connectivity index (χ0) is 19.0. The third-order valence-corrected chi connectivity index (χ3v) is 5.00. The van der Waals surface area contributed by atoms with Crippen LogP contribution in [0.25, 0.3) is 0 Å². The lowest BCUT2D eigenvalue weighted by atomic mass is 9.87. The molecule has 1 aromatic carbocycles. The molecule has 144 valence electrons. The first-order chi connectivity index (χ1) is 13.0. The topological polar surface area (TPSA) is 85.3 Å². The number of fused-ring (bicyclic) bond motifs is 1. The Morgan fingerprint density at radius 1 is 1.22 bits per heavy atom. The van der Waals surface area contributed by atoms with E-state index in [1.165, 1.54) is 12.1 Å². The number of halogens is 2. The van der Waals surface area contributed by atoms with Crippen LogP contribution in [0, 0.1) is 0 Å². The molecule has 2 aromatic rings. The zero-order valence-electron chi connectivity index (χ0n) is 14.4. The number of anilines is 1. The maximum atomic E-state index is 12.7. The highest BCUT2D eigenvalue weighted by atomic mass is 19.3. The number of carbonyl (C=O) groups is 1. The summed E-state index contributed by atoms with van der Waals surface area (Å²) in [6, 6.07) is 6.17. The van der Waals surface area contributed by atoms with Crippen molar-refractivity contribution in [1.29, 1.82) is 0 Å². The number of H-pyrrole nitrogens is 1. The van der Waals surface area contributed by atoms with Crippen molar-refractivity contribution in [2.75, 3.05) is 18.5 Å². The number of nitrogens with one attached hydrogen (secondary N) is 2. The fourth-order valence-corrected chi connectivity index (χ4v) is 3.79. The monoisotopic (exact) mass is 379 g/mol. The summed E-state index contributed by atoms with van der Waals surface area (Å²) in [6.07, 6.45) is 1.52. The third-order valence-electron chi connectivity index (χ3n) is 5.00. The maximum Gasteiger partial charge on any atom is 0.387 e. The minimum Gasteiger partial charge on any atom is -0.435 e. The molecule has 2 aliphatic heterocycles. The Kier molecular flexibility index (Phi) is 4.69. The molecule has 1 amide bonds. The normalized spacial score (nSPS) is 20.4. The van der Waals surface area contributed by atoms with Gasteiger partial charge in [0.25, 0.3) is 5.56 Å². The summed E-state index contributed by atoms with van der Waals surface area (Å²) in [5, 5.41) is 5.63. The number of aromatic nitrogens is 2. The first-order valence-corrected chi connectivity index (χ1v) is 8.79. The summed E-state index contributed by atoms with van der Waals surface area (Å²) in [5.41, 5.74) is 0.733. The van der Waals surface area contributed by atoms with Gasteiger partial charge in [0.15, 0.2) is 0 Å². The van der Waals surface area contributed by atoms with E-state index in [1.54, 1.807) is 16.8 Å². The highest BCUT2D eigenvalue weighted by Gasteiger charge is 2.34. The molecule has 0 aliphatic carbocycles.